The molecule has 27 heavy (non-hydrogen) atoms. The van der Waals surface area contributed by atoms with Crippen LogP contribution in [-0.4, -0.2) is 55.7 Å². The van der Waals surface area contributed by atoms with Crippen LogP contribution < -0.4 is 10.6 Å². The van der Waals surface area contributed by atoms with Crippen molar-refractivity contribution in [2.24, 2.45) is 10.9 Å². The first-order valence-corrected chi connectivity index (χ1v) is 9.60. The van der Waals surface area contributed by atoms with E-state index in [1.165, 1.54) is 11.3 Å². The molecule has 2 fully saturated rings. The third kappa shape index (κ3) is 8.43. The van der Waals surface area contributed by atoms with Crippen LogP contribution in [0.5, 0.6) is 0 Å². The predicted molar refractivity (Wildman–Crippen MR) is 111 cm³/mol. The Kier molecular flexibility index (Phi) is 10.2. The van der Waals surface area contributed by atoms with Gasteiger partial charge in [0.15, 0.2) is 5.96 Å². The SMILES string of the molecule is CN(C)C(=O)CN=C(NC1CCCCC1)NC1CCCC(C(F)(F)F)C1.I. The molecule has 2 aliphatic carbocycles. The van der Waals surface area contributed by atoms with Gasteiger partial charge in [-0.25, -0.2) is 4.99 Å². The van der Waals surface area contributed by atoms with Crippen LogP contribution in [0.3, 0.4) is 0 Å². The Labute approximate surface area is 176 Å². The first-order valence-electron chi connectivity index (χ1n) is 9.60. The molecule has 2 atom stereocenters. The van der Waals surface area contributed by atoms with Crippen LogP contribution in [0.1, 0.15) is 57.8 Å². The van der Waals surface area contributed by atoms with Crippen LogP contribution in [0.15, 0.2) is 4.99 Å². The molecule has 2 N–H and O–H groups in total. The van der Waals surface area contributed by atoms with Gasteiger partial charge in [-0.1, -0.05) is 25.7 Å². The lowest BCUT2D eigenvalue weighted by atomic mass is 9.85. The second-order valence-corrected chi connectivity index (χ2v) is 7.68. The number of nitrogens with zero attached hydrogens (tertiary/aromatic N) is 2. The second kappa shape index (κ2) is 11.3. The smallest absolute Gasteiger partial charge is 0.354 e. The van der Waals surface area contributed by atoms with E-state index >= 15 is 0 Å². The molecule has 0 aliphatic heterocycles. The van der Waals surface area contributed by atoms with Crippen molar-refractivity contribution in [3.63, 3.8) is 0 Å². The van der Waals surface area contributed by atoms with Gasteiger partial charge in [-0.15, -0.1) is 24.0 Å². The summed E-state index contributed by atoms with van der Waals surface area (Å²) in [6.07, 6.45) is 2.91. The summed E-state index contributed by atoms with van der Waals surface area (Å²) in [7, 11) is 3.32. The molecular weight excluding hydrogens is 472 g/mol. The molecule has 0 aromatic heterocycles. The Morgan fingerprint density at radius 1 is 1.00 bits per heavy atom. The normalized spacial score (nSPS) is 24.7. The summed E-state index contributed by atoms with van der Waals surface area (Å²) in [5.74, 6) is -0.917. The van der Waals surface area contributed by atoms with E-state index < -0.39 is 12.1 Å². The Hall–Kier alpha value is -0.740. The fraction of sp³-hybridized carbons (Fsp3) is 0.889. The minimum absolute atomic E-state index is 0. The average molecular weight is 504 g/mol. The van der Waals surface area contributed by atoms with Crippen LogP contribution in [0.4, 0.5) is 13.2 Å². The molecule has 0 spiro atoms. The predicted octanol–water partition coefficient (Wildman–Crippen LogP) is 3.68. The van der Waals surface area contributed by atoms with Crippen LogP contribution in [-0.2, 0) is 4.79 Å². The van der Waals surface area contributed by atoms with Crippen LogP contribution in [0, 0.1) is 5.92 Å². The molecular formula is C18H32F3IN4O. The number of alkyl halides is 3. The zero-order chi connectivity index (χ0) is 19.2. The van der Waals surface area contributed by atoms with E-state index in [9.17, 15) is 18.0 Å². The van der Waals surface area contributed by atoms with Gasteiger partial charge in [0.05, 0.1) is 5.92 Å². The molecule has 2 unspecified atom stereocenters. The number of likely N-dealkylation sites (N-methyl/N-ethyl adjacent to an activating group) is 1. The van der Waals surface area contributed by atoms with E-state index in [0.29, 0.717) is 18.8 Å². The molecule has 2 aliphatic rings. The van der Waals surface area contributed by atoms with Crippen molar-refractivity contribution in [2.45, 2.75) is 76.0 Å². The molecule has 158 valence electrons. The van der Waals surface area contributed by atoms with Crippen molar-refractivity contribution < 1.29 is 18.0 Å². The zero-order valence-electron chi connectivity index (χ0n) is 16.1. The minimum atomic E-state index is -4.14. The number of aliphatic imine (C=N–C) groups is 1. The van der Waals surface area contributed by atoms with E-state index in [-0.39, 0.29) is 61.4 Å². The Bertz CT molecular complexity index is 493. The van der Waals surface area contributed by atoms with Gasteiger partial charge in [0.1, 0.15) is 6.54 Å². The quantitative estimate of drug-likeness (QED) is 0.349. The summed E-state index contributed by atoms with van der Waals surface area (Å²) < 4.78 is 39.1. The number of nitrogens with one attached hydrogen (secondary N) is 2. The van der Waals surface area contributed by atoms with Gasteiger partial charge in [-0.05, 0) is 32.1 Å². The fourth-order valence-electron chi connectivity index (χ4n) is 3.67. The third-order valence-corrected chi connectivity index (χ3v) is 5.30. The van der Waals surface area contributed by atoms with Gasteiger partial charge < -0.3 is 15.5 Å². The maximum absolute atomic E-state index is 13.0. The summed E-state index contributed by atoms with van der Waals surface area (Å²) in [4.78, 5) is 17.6. The minimum Gasteiger partial charge on any atom is -0.354 e. The molecule has 1 amide bonds. The lowest BCUT2D eigenvalue weighted by Crippen LogP contribution is -2.50. The number of guanidine groups is 1. The Morgan fingerprint density at radius 2 is 1.59 bits per heavy atom. The monoisotopic (exact) mass is 504 g/mol. The largest absolute Gasteiger partial charge is 0.391 e. The molecule has 0 heterocycles. The highest BCUT2D eigenvalue weighted by Crippen LogP contribution is 2.37. The fourth-order valence-corrected chi connectivity index (χ4v) is 3.67. The standard InChI is InChI=1S/C18H31F3N4O.HI/c1-25(2)16(26)12-22-17(23-14-8-4-3-5-9-14)24-15-10-6-7-13(11-15)18(19,20)21;/h13-15H,3-12H2,1-2H3,(H2,22,23,24);1H. The summed E-state index contributed by atoms with van der Waals surface area (Å²) in [5.41, 5.74) is 0. The van der Waals surface area contributed by atoms with Gasteiger partial charge in [0, 0.05) is 26.2 Å². The lowest BCUT2D eigenvalue weighted by Gasteiger charge is -2.33. The van der Waals surface area contributed by atoms with E-state index in [1.54, 1.807) is 14.1 Å². The molecule has 0 saturated heterocycles. The number of rotatable bonds is 4. The van der Waals surface area contributed by atoms with Crippen molar-refractivity contribution in [3.05, 3.63) is 0 Å². The first kappa shape index (κ1) is 24.3. The highest BCUT2D eigenvalue weighted by Gasteiger charge is 2.42. The molecule has 9 heteroatoms. The van der Waals surface area contributed by atoms with E-state index in [1.807, 2.05) is 0 Å². The molecule has 0 aromatic rings. The van der Waals surface area contributed by atoms with Crippen LogP contribution in [0.25, 0.3) is 0 Å². The molecule has 0 bridgehead atoms. The summed E-state index contributed by atoms with van der Waals surface area (Å²) in [5, 5.41) is 6.51. The molecule has 0 radical (unpaired) electrons. The maximum atomic E-state index is 13.0. The Balaban J connectivity index is 0.00000364. The average Bonchev–Trinajstić information content (AvgIpc) is 2.59. The number of amides is 1. The van der Waals surface area contributed by atoms with Gasteiger partial charge in [0.25, 0.3) is 0 Å². The van der Waals surface area contributed by atoms with Crippen molar-refractivity contribution >= 4 is 35.8 Å². The van der Waals surface area contributed by atoms with Crippen molar-refractivity contribution in [1.29, 1.82) is 0 Å². The summed E-state index contributed by atoms with van der Waals surface area (Å²) >= 11 is 0. The molecule has 2 rings (SSSR count). The van der Waals surface area contributed by atoms with Gasteiger partial charge in [-0.3, -0.25) is 4.79 Å². The summed E-state index contributed by atoms with van der Waals surface area (Å²) in [6, 6.07) is 0.00568. The zero-order valence-corrected chi connectivity index (χ0v) is 18.5. The highest BCUT2D eigenvalue weighted by molar-refractivity contribution is 14.0. The van der Waals surface area contributed by atoms with Gasteiger partial charge in [-0.2, -0.15) is 13.2 Å². The Morgan fingerprint density at radius 3 is 2.19 bits per heavy atom. The number of hydrogen-bond acceptors (Lipinski definition) is 2. The number of hydrogen-bond donors (Lipinski definition) is 2. The van der Waals surface area contributed by atoms with Gasteiger partial charge >= 0.3 is 6.18 Å². The number of halogens is 4. The highest BCUT2D eigenvalue weighted by atomic mass is 127. The van der Waals surface area contributed by atoms with Gasteiger partial charge in [0.2, 0.25) is 5.91 Å². The second-order valence-electron chi connectivity index (χ2n) is 7.68. The topological polar surface area (TPSA) is 56.7 Å². The summed E-state index contributed by atoms with van der Waals surface area (Å²) in [6.45, 7) is -0.00945. The van der Waals surface area contributed by atoms with Crippen molar-refractivity contribution in [1.82, 2.24) is 15.5 Å². The third-order valence-electron chi connectivity index (χ3n) is 5.30. The van der Waals surface area contributed by atoms with Crippen molar-refractivity contribution in [3.8, 4) is 0 Å². The van der Waals surface area contributed by atoms with Crippen molar-refractivity contribution in [2.75, 3.05) is 20.6 Å². The number of carbonyl (C=O) groups is 1. The molecule has 0 aromatic carbocycles. The van der Waals surface area contributed by atoms with E-state index in [4.69, 9.17) is 0 Å². The van der Waals surface area contributed by atoms with Crippen LogP contribution >= 0.6 is 24.0 Å². The van der Waals surface area contributed by atoms with Crippen LogP contribution in [0.2, 0.25) is 0 Å². The number of carbonyl (C=O) groups excluding carboxylic acids is 1. The maximum Gasteiger partial charge on any atom is 0.391 e. The molecule has 5 nitrogen and oxygen atoms in total. The first-order chi connectivity index (χ1) is 12.3. The lowest BCUT2D eigenvalue weighted by molar-refractivity contribution is -0.183. The van der Waals surface area contributed by atoms with E-state index in [0.717, 1.165) is 25.7 Å². The molecule has 2 saturated carbocycles. The van der Waals surface area contributed by atoms with E-state index in [2.05, 4.69) is 15.6 Å².